The normalized spacial score (nSPS) is 14.2. The molecule has 0 saturated heterocycles. The average molecular weight is 221 g/mol. The van der Waals surface area contributed by atoms with E-state index in [1.807, 2.05) is 42.5 Å². The molecule has 1 aromatic carbocycles. The van der Waals surface area contributed by atoms with Crippen molar-refractivity contribution in [2.24, 2.45) is 5.10 Å². The second-order valence-electron chi connectivity index (χ2n) is 3.74. The lowest BCUT2D eigenvalue weighted by molar-refractivity contribution is 0.992. The molecule has 1 aromatic heterocycles. The minimum atomic E-state index is 0.896. The molecule has 0 atom stereocenters. The number of nitrogens with one attached hydrogen (secondary N) is 1. The van der Waals surface area contributed by atoms with E-state index >= 15 is 0 Å². The van der Waals surface area contributed by atoms with E-state index < -0.39 is 0 Å². The van der Waals surface area contributed by atoms with E-state index in [4.69, 9.17) is 0 Å². The number of hydrogen-bond acceptors (Lipinski definition) is 3. The van der Waals surface area contributed by atoms with E-state index in [1.54, 1.807) is 6.21 Å². The van der Waals surface area contributed by atoms with Crippen LogP contribution in [0.25, 0.3) is 16.6 Å². The van der Waals surface area contributed by atoms with Gasteiger partial charge >= 0.3 is 0 Å². The van der Waals surface area contributed by atoms with Gasteiger partial charge in [-0.1, -0.05) is 30.3 Å². The largest absolute Gasteiger partial charge is 0.276 e. The maximum Gasteiger partial charge on any atom is 0.0887 e. The smallest absolute Gasteiger partial charge is 0.0887 e. The van der Waals surface area contributed by atoms with Gasteiger partial charge in [0.2, 0.25) is 0 Å². The van der Waals surface area contributed by atoms with Crippen LogP contribution in [0.5, 0.6) is 0 Å². The first-order chi connectivity index (χ1) is 8.43. The molecule has 0 bridgehead atoms. The Morgan fingerprint density at radius 2 is 1.88 bits per heavy atom. The van der Waals surface area contributed by atoms with Crippen molar-refractivity contribution in [3.05, 3.63) is 60.3 Å². The van der Waals surface area contributed by atoms with Crippen LogP contribution in [0.1, 0.15) is 5.69 Å². The molecule has 0 aliphatic carbocycles. The van der Waals surface area contributed by atoms with Crippen LogP contribution < -0.4 is 5.43 Å². The van der Waals surface area contributed by atoms with Crippen LogP contribution in [-0.2, 0) is 0 Å². The fraction of sp³-hybridized carbons (Fsp3) is 0. The summed E-state index contributed by atoms with van der Waals surface area (Å²) in [6.07, 6.45) is 7.49. The van der Waals surface area contributed by atoms with E-state index in [0.717, 1.165) is 22.3 Å². The Morgan fingerprint density at radius 3 is 2.88 bits per heavy atom. The quantitative estimate of drug-likeness (QED) is 0.804. The molecule has 0 amide bonds. The number of hydrogen-bond donors (Lipinski definition) is 1. The van der Waals surface area contributed by atoms with Crippen molar-refractivity contribution in [3.8, 4) is 0 Å². The molecule has 1 aliphatic rings. The summed E-state index contributed by atoms with van der Waals surface area (Å²) in [7, 11) is 0. The van der Waals surface area contributed by atoms with Crippen LogP contribution in [-0.4, -0.2) is 11.2 Å². The fourth-order valence-electron chi connectivity index (χ4n) is 1.75. The van der Waals surface area contributed by atoms with E-state index in [2.05, 4.69) is 27.6 Å². The summed E-state index contributed by atoms with van der Waals surface area (Å²) < 4.78 is 0. The topological polar surface area (TPSA) is 37.3 Å². The summed E-state index contributed by atoms with van der Waals surface area (Å²) >= 11 is 0. The van der Waals surface area contributed by atoms with Crippen molar-refractivity contribution in [1.29, 1.82) is 0 Å². The lowest BCUT2D eigenvalue weighted by Gasteiger charge is -2.05. The van der Waals surface area contributed by atoms with Gasteiger partial charge in [0, 0.05) is 11.6 Å². The van der Waals surface area contributed by atoms with Gasteiger partial charge in [-0.15, -0.1) is 0 Å². The number of aromatic nitrogens is 1. The van der Waals surface area contributed by atoms with Crippen molar-refractivity contribution < 1.29 is 0 Å². The number of para-hydroxylation sites is 1. The van der Waals surface area contributed by atoms with Crippen molar-refractivity contribution in [1.82, 2.24) is 10.4 Å². The van der Waals surface area contributed by atoms with Crippen LogP contribution in [0.15, 0.2) is 59.7 Å². The number of hydrazone groups is 1. The zero-order valence-electron chi connectivity index (χ0n) is 9.17. The van der Waals surface area contributed by atoms with Gasteiger partial charge < -0.3 is 0 Å². The van der Waals surface area contributed by atoms with Crippen LogP contribution in [0, 0.1) is 0 Å². The van der Waals surface area contributed by atoms with Crippen LogP contribution >= 0.6 is 0 Å². The first kappa shape index (κ1) is 9.78. The van der Waals surface area contributed by atoms with Gasteiger partial charge in [-0.2, -0.15) is 5.10 Å². The highest BCUT2D eigenvalue weighted by Crippen LogP contribution is 2.16. The Morgan fingerprint density at radius 1 is 0.941 bits per heavy atom. The van der Waals surface area contributed by atoms with Gasteiger partial charge in [-0.3, -0.25) is 5.43 Å². The Hall–Kier alpha value is -2.42. The summed E-state index contributed by atoms with van der Waals surface area (Å²) in [5.41, 5.74) is 5.76. The zero-order chi connectivity index (χ0) is 11.5. The summed E-state index contributed by atoms with van der Waals surface area (Å²) in [6.45, 7) is 0. The molecule has 0 unspecified atom stereocenters. The molecule has 1 N–H and O–H groups in total. The maximum absolute atomic E-state index is 4.60. The molecule has 3 heteroatoms. The number of pyridine rings is 1. The summed E-state index contributed by atoms with van der Waals surface area (Å²) in [5, 5.41) is 5.18. The SMILES string of the molecule is C1=CC=C(c2ccc3ccccc3n2)NN=C1. The molecule has 1 aliphatic heterocycles. The molecule has 3 rings (SSSR count). The molecule has 0 radical (unpaired) electrons. The average Bonchev–Trinajstić information content (AvgIpc) is 2.67. The Balaban J connectivity index is 2.09. The zero-order valence-corrected chi connectivity index (χ0v) is 9.17. The molecule has 82 valence electrons. The van der Waals surface area contributed by atoms with E-state index in [0.29, 0.717) is 0 Å². The predicted octanol–water partition coefficient (Wildman–Crippen LogP) is 2.72. The van der Waals surface area contributed by atoms with Crippen molar-refractivity contribution in [3.63, 3.8) is 0 Å². The van der Waals surface area contributed by atoms with Crippen molar-refractivity contribution >= 4 is 22.8 Å². The first-order valence-corrected chi connectivity index (χ1v) is 5.46. The third kappa shape index (κ3) is 1.95. The van der Waals surface area contributed by atoms with Crippen LogP contribution in [0.3, 0.4) is 0 Å². The van der Waals surface area contributed by atoms with Gasteiger partial charge in [0.1, 0.15) is 0 Å². The van der Waals surface area contributed by atoms with Gasteiger partial charge in [-0.25, -0.2) is 4.98 Å². The Labute approximate surface area is 99.2 Å². The lowest BCUT2D eigenvalue weighted by Crippen LogP contribution is -2.04. The molecule has 17 heavy (non-hydrogen) atoms. The van der Waals surface area contributed by atoms with Crippen LogP contribution in [0.4, 0.5) is 0 Å². The number of fused-ring (bicyclic) bond motifs is 1. The van der Waals surface area contributed by atoms with Gasteiger partial charge in [-0.05, 0) is 24.3 Å². The highest BCUT2D eigenvalue weighted by atomic mass is 15.3. The number of benzene rings is 1. The van der Waals surface area contributed by atoms with Crippen molar-refractivity contribution in [2.45, 2.75) is 0 Å². The summed E-state index contributed by atoms with van der Waals surface area (Å²) in [5.74, 6) is 0. The van der Waals surface area contributed by atoms with Crippen molar-refractivity contribution in [2.75, 3.05) is 0 Å². The third-order valence-corrected chi connectivity index (χ3v) is 2.59. The van der Waals surface area contributed by atoms with E-state index in [9.17, 15) is 0 Å². The monoisotopic (exact) mass is 221 g/mol. The number of allylic oxidation sites excluding steroid dienone is 3. The highest BCUT2D eigenvalue weighted by molar-refractivity contribution is 5.81. The molecule has 2 aromatic rings. The van der Waals surface area contributed by atoms with Crippen LogP contribution in [0.2, 0.25) is 0 Å². The Bertz CT molecular complexity index is 639. The second kappa shape index (κ2) is 4.22. The van der Waals surface area contributed by atoms with Gasteiger partial charge in [0.25, 0.3) is 0 Å². The number of rotatable bonds is 1. The highest BCUT2D eigenvalue weighted by Gasteiger charge is 2.03. The summed E-state index contributed by atoms with van der Waals surface area (Å²) in [6, 6.07) is 12.1. The van der Waals surface area contributed by atoms with Gasteiger partial charge in [0.15, 0.2) is 0 Å². The molecule has 0 fully saturated rings. The van der Waals surface area contributed by atoms with E-state index in [1.165, 1.54) is 0 Å². The Kier molecular flexibility index (Phi) is 2.43. The maximum atomic E-state index is 4.60. The molecular formula is C14H11N3. The molecular weight excluding hydrogens is 210 g/mol. The lowest BCUT2D eigenvalue weighted by atomic mass is 10.2. The molecule has 2 heterocycles. The minimum absolute atomic E-state index is 0.896. The van der Waals surface area contributed by atoms with E-state index in [-0.39, 0.29) is 0 Å². The predicted molar refractivity (Wildman–Crippen MR) is 70.5 cm³/mol. The fourth-order valence-corrected chi connectivity index (χ4v) is 1.75. The molecule has 0 spiro atoms. The molecule has 3 nitrogen and oxygen atoms in total. The number of nitrogens with zero attached hydrogens (tertiary/aromatic N) is 2. The second-order valence-corrected chi connectivity index (χ2v) is 3.74. The molecule has 0 saturated carbocycles. The first-order valence-electron chi connectivity index (χ1n) is 5.46. The minimum Gasteiger partial charge on any atom is -0.276 e. The third-order valence-electron chi connectivity index (χ3n) is 2.59. The summed E-state index contributed by atoms with van der Waals surface area (Å²) in [4.78, 5) is 4.60. The van der Waals surface area contributed by atoms with Gasteiger partial charge in [0.05, 0.1) is 16.9 Å². The standard InChI is InChI=1S/C14H11N3/c1-2-6-12-11(5-1)8-9-13(16-12)14-7-3-4-10-15-17-14/h1-10,17H.